The summed E-state index contributed by atoms with van der Waals surface area (Å²) in [5.41, 5.74) is 3.27. The Morgan fingerprint density at radius 3 is 0.688 bits per heavy atom. The van der Waals surface area contributed by atoms with E-state index in [2.05, 4.69) is 114 Å². The summed E-state index contributed by atoms with van der Waals surface area (Å²) < 4.78 is 0. The SMILES string of the molecule is CC[PH+](CC)CC.CC[PH+](CC)CC.CC[PH+](CC)CC.CC[PH+](CC)CC.[C-]#Cc1ccccc1-c1ccccc1C#[C-].[Cl][Pt+].[Cl][Pt+]. The Labute approximate surface area is 337 Å². The van der Waals surface area contributed by atoms with Gasteiger partial charge in [0.2, 0.25) is 0 Å². The Balaban J connectivity index is -0.000000166. The molecule has 0 aliphatic rings. The van der Waals surface area contributed by atoms with E-state index in [1.165, 1.54) is 73.9 Å². The van der Waals surface area contributed by atoms with Crippen LogP contribution in [-0.4, -0.2) is 73.9 Å². The van der Waals surface area contributed by atoms with E-state index >= 15 is 0 Å². The van der Waals surface area contributed by atoms with Crippen LogP contribution in [0.2, 0.25) is 0 Å². The molecule has 0 spiro atoms. The zero-order chi connectivity index (χ0) is 38.2. The maximum atomic E-state index is 7.24. The van der Waals surface area contributed by atoms with Crippen LogP contribution >= 0.6 is 50.5 Å². The molecule has 0 aromatic heterocycles. The molecule has 0 aliphatic heterocycles. The molecule has 0 heterocycles. The van der Waals surface area contributed by atoms with Gasteiger partial charge in [-0.05, 0) is 115 Å². The molecule has 0 atom stereocenters. The van der Waals surface area contributed by atoms with E-state index in [4.69, 9.17) is 12.8 Å². The molecule has 8 heteroatoms. The summed E-state index contributed by atoms with van der Waals surface area (Å²) in [5.74, 6) is 4.81. The van der Waals surface area contributed by atoms with Crippen molar-refractivity contribution in [2.75, 3.05) is 73.9 Å². The molecular formula is C40H72Cl2P4Pt2+4. The van der Waals surface area contributed by atoms with Crippen LogP contribution in [-0.2, 0) is 37.5 Å². The molecule has 2 aromatic rings. The van der Waals surface area contributed by atoms with Crippen molar-refractivity contribution in [3.63, 3.8) is 0 Å². The van der Waals surface area contributed by atoms with Gasteiger partial charge in [0.25, 0.3) is 0 Å². The first-order valence-electron chi connectivity index (χ1n) is 17.9. The number of benzene rings is 2. The molecule has 0 saturated carbocycles. The van der Waals surface area contributed by atoms with E-state index in [0.29, 0.717) is 0 Å². The predicted octanol–water partition coefficient (Wildman–Crippen LogP) is 13.6. The summed E-state index contributed by atoms with van der Waals surface area (Å²) in [7, 11) is 9.77. The number of halogens is 2. The van der Waals surface area contributed by atoms with Crippen LogP contribution in [0, 0.1) is 24.7 Å². The van der Waals surface area contributed by atoms with E-state index < -0.39 is 0 Å². The molecule has 2 rings (SSSR count). The Bertz CT molecular complexity index is 854. The van der Waals surface area contributed by atoms with Gasteiger partial charge in [-0.2, -0.15) is 0 Å². The molecule has 0 unspecified atom stereocenters. The molecule has 0 radical (unpaired) electrons. The fourth-order valence-corrected chi connectivity index (χ4v) is 10.7. The van der Waals surface area contributed by atoms with E-state index in [1.807, 2.05) is 48.5 Å². The number of rotatable bonds is 13. The molecule has 48 heavy (non-hydrogen) atoms. The van der Waals surface area contributed by atoms with Crippen LogP contribution in [0.25, 0.3) is 11.1 Å². The van der Waals surface area contributed by atoms with Crippen molar-refractivity contribution in [3.05, 3.63) is 72.5 Å². The van der Waals surface area contributed by atoms with Gasteiger partial charge < -0.3 is 12.8 Å². The number of hydrogen-bond donors (Lipinski definition) is 0. The van der Waals surface area contributed by atoms with Gasteiger partial charge in [0.05, 0.1) is 73.9 Å². The van der Waals surface area contributed by atoms with Gasteiger partial charge in [0, 0.05) is 0 Å². The van der Waals surface area contributed by atoms with Crippen molar-refractivity contribution >= 4 is 50.5 Å². The third-order valence-corrected chi connectivity index (χ3v) is 20.4. The van der Waals surface area contributed by atoms with E-state index in [1.54, 1.807) is 37.5 Å². The fourth-order valence-electron chi connectivity index (χ4n) is 4.65. The molecule has 0 nitrogen and oxygen atoms in total. The van der Waals surface area contributed by atoms with Gasteiger partial charge in [0.1, 0.15) is 0 Å². The van der Waals surface area contributed by atoms with Crippen LogP contribution in [0.15, 0.2) is 48.5 Å². The second-order valence-electron chi connectivity index (χ2n) is 10.6. The molecule has 2 aromatic carbocycles. The van der Waals surface area contributed by atoms with E-state index in [-0.39, 0.29) is 31.7 Å². The molecule has 0 bridgehead atoms. The fraction of sp³-hybridized carbons (Fsp3) is 0.600. The zero-order valence-corrected chi connectivity index (χ0v) is 42.5. The van der Waals surface area contributed by atoms with Crippen LogP contribution in [0.1, 0.15) is 94.2 Å². The Kier molecular flexibility index (Phi) is 58.8. The molecule has 0 amide bonds. The summed E-state index contributed by atoms with van der Waals surface area (Å²) in [4.78, 5) is 0. The van der Waals surface area contributed by atoms with Crippen molar-refractivity contribution in [1.29, 1.82) is 0 Å². The number of hydrogen-bond acceptors (Lipinski definition) is 0. The Hall–Kier alpha value is 1.24. The van der Waals surface area contributed by atoms with Gasteiger partial charge in [-0.3, -0.25) is 11.8 Å². The molecule has 0 aliphatic carbocycles. The first-order valence-corrected chi connectivity index (χ1v) is 32.0. The summed E-state index contributed by atoms with van der Waals surface area (Å²) in [6.07, 6.45) is 32.0. The van der Waals surface area contributed by atoms with E-state index in [9.17, 15) is 0 Å². The summed E-state index contributed by atoms with van der Waals surface area (Å²) in [6.45, 7) is 27.7. The molecular weight excluding hydrogens is 1070 g/mol. The average molecular weight is 1140 g/mol. The van der Waals surface area contributed by atoms with Crippen molar-refractivity contribution in [2.24, 2.45) is 0 Å². The third-order valence-electron chi connectivity index (χ3n) is 8.41. The normalized spacial score (nSPS) is 9.33. The van der Waals surface area contributed by atoms with Crippen LogP contribution in [0.5, 0.6) is 0 Å². The first kappa shape index (κ1) is 58.5. The monoisotopic (exact) mass is 1140 g/mol. The minimum absolute atomic E-state index is 0.137. The molecule has 0 fully saturated rings. The van der Waals surface area contributed by atoms with Crippen molar-refractivity contribution < 1.29 is 37.5 Å². The van der Waals surface area contributed by atoms with Crippen LogP contribution < -0.4 is 0 Å². The van der Waals surface area contributed by atoms with Gasteiger partial charge in [-0.1, -0.05) is 36.4 Å². The second-order valence-corrected chi connectivity index (χ2v) is 25.1. The quantitative estimate of drug-likeness (QED) is 0.107. The Morgan fingerprint density at radius 1 is 0.396 bits per heavy atom. The van der Waals surface area contributed by atoms with Crippen molar-refractivity contribution in [1.82, 2.24) is 0 Å². The first-order chi connectivity index (χ1) is 23.2. The second kappa shape index (κ2) is 48.2. The average Bonchev–Trinajstić information content (AvgIpc) is 3.17. The minimum atomic E-state index is 0.137. The molecule has 282 valence electrons. The molecule has 0 N–H and O–H groups in total. The summed E-state index contributed by atoms with van der Waals surface area (Å²) >= 11 is 3.22. The van der Waals surface area contributed by atoms with Crippen LogP contribution in [0.3, 0.4) is 0 Å². The summed E-state index contributed by atoms with van der Waals surface area (Å²) in [5, 5.41) is 0. The van der Waals surface area contributed by atoms with Crippen LogP contribution in [0.4, 0.5) is 0 Å². The van der Waals surface area contributed by atoms with Gasteiger partial charge in [-0.25, -0.2) is 0 Å². The Morgan fingerprint density at radius 2 is 0.562 bits per heavy atom. The van der Waals surface area contributed by atoms with E-state index in [0.717, 1.165) is 22.3 Å². The summed E-state index contributed by atoms with van der Waals surface area (Å²) in [6, 6.07) is 15.1. The van der Waals surface area contributed by atoms with Gasteiger partial charge in [0.15, 0.2) is 0 Å². The van der Waals surface area contributed by atoms with Crippen molar-refractivity contribution in [2.45, 2.75) is 83.1 Å². The third kappa shape index (κ3) is 33.1. The zero-order valence-electron chi connectivity index (χ0n) is 32.5. The predicted molar refractivity (Wildman–Crippen MR) is 236 cm³/mol. The topological polar surface area (TPSA) is 0 Å². The maximum absolute atomic E-state index is 7.24. The molecule has 0 saturated heterocycles. The van der Waals surface area contributed by atoms with Crippen molar-refractivity contribution in [3.8, 4) is 23.0 Å². The standard InChI is InChI=1S/C16H8.4C6H15P.2ClH.2Pt/c1-3-13-9-5-7-11-15(13)16-12-8-6-10-14(16)4-2;4*1-4-7(5-2)6-3;;;;/h5-12H;4*4-6H2,1-3H3;2*1H;;/q-2;;;;;;;2*+2/p+2. The van der Waals surface area contributed by atoms with Gasteiger partial charge in [-0.15, -0.1) is 34.4 Å². The van der Waals surface area contributed by atoms with Gasteiger partial charge >= 0.3 is 56.4 Å².